The van der Waals surface area contributed by atoms with Crippen molar-refractivity contribution in [2.75, 3.05) is 37.5 Å². The van der Waals surface area contributed by atoms with Crippen LogP contribution in [0.2, 0.25) is 0 Å². The van der Waals surface area contributed by atoms with E-state index in [4.69, 9.17) is 10.00 Å². The second-order valence-electron chi connectivity index (χ2n) is 4.09. The minimum absolute atomic E-state index is 0.314. The second-order valence-corrected chi connectivity index (χ2v) is 4.89. The van der Waals surface area contributed by atoms with Crippen LogP contribution in [0.5, 0.6) is 0 Å². The van der Waals surface area contributed by atoms with E-state index in [-0.39, 0.29) is 5.82 Å². The Labute approximate surface area is 121 Å². The van der Waals surface area contributed by atoms with Crippen LogP contribution in [-0.2, 0) is 4.74 Å². The molecule has 20 heavy (non-hydrogen) atoms. The normalized spacial score (nSPS) is 15.8. The Balaban J connectivity index is 2.19. The molecule has 1 N–H and O–H groups in total. The van der Waals surface area contributed by atoms with Crippen LogP contribution in [-0.4, -0.2) is 37.7 Å². The summed E-state index contributed by atoms with van der Waals surface area (Å²) in [6, 6.07) is 4.83. The van der Waals surface area contributed by atoms with E-state index in [1.54, 1.807) is 24.6 Å². The summed E-state index contributed by atoms with van der Waals surface area (Å²) in [6.45, 7) is 2.60. The first-order chi connectivity index (χ1) is 9.74. The quantitative estimate of drug-likeness (QED) is 0.392. The third kappa shape index (κ3) is 3.62. The largest absolute Gasteiger partial charge is 0.378 e. The van der Waals surface area contributed by atoms with E-state index in [1.807, 2.05) is 4.90 Å². The molecule has 0 radical (unpaired) electrons. The number of morpholine rings is 1. The summed E-state index contributed by atoms with van der Waals surface area (Å²) in [5.41, 5.74) is 1.04. The molecule has 1 heterocycles. The third-order valence-corrected chi connectivity index (χ3v) is 3.45. The zero-order valence-electron chi connectivity index (χ0n) is 11.1. The Bertz CT molecular complexity index is 538. The number of ether oxygens (including phenoxy) is 1. The molecular formula is C13H15FN4OS. The van der Waals surface area contributed by atoms with Gasteiger partial charge in [-0.1, -0.05) is 11.8 Å². The molecule has 5 nitrogen and oxygen atoms in total. The maximum atomic E-state index is 14.1. The number of halogens is 1. The van der Waals surface area contributed by atoms with Crippen molar-refractivity contribution in [2.24, 2.45) is 4.99 Å². The van der Waals surface area contributed by atoms with Gasteiger partial charge in [-0.05, 0) is 18.4 Å². The Hall–Kier alpha value is -1.78. The highest BCUT2D eigenvalue weighted by molar-refractivity contribution is 8.13. The first-order valence-corrected chi connectivity index (χ1v) is 7.37. The van der Waals surface area contributed by atoms with Crippen molar-refractivity contribution in [2.45, 2.75) is 0 Å². The highest BCUT2D eigenvalue weighted by Gasteiger charge is 2.15. The maximum Gasteiger partial charge on any atom is 0.183 e. The van der Waals surface area contributed by atoms with Crippen molar-refractivity contribution in [1.82, 2.24) is 5.32 Å². The summed E-state index contributed by atoms with van der Waals surface area (Å²) < 4.78 is 19.4. The Morgan fingerprint density at radius 1 is 1.50 bits per heavy atom. The van der Waals surface area contributed by atoms with Gasteiger partial charge in [-0.3, -0.25) is 5.32 Å². The van der Waals surface area contributed by atoms with Gasteiger partial charge in [-0.2, -0.15) is 5.26 Å². The lowest BCUT2D eigenvalue weighted by Gasteiger charge is -2.29. The first-order valence-electron chi connectivity index (χ1n) is 6.14. The lowest BCUT2D eigenvalue weighted by Crippen LogP contribution is -2.36. The zero-order valence-corrected chi connectivity index (χ0v) is 11.9. The van der Waals surface area contributed by atoms with Crippen LogP contribution in [0.1, 0.15) is 0 Å². The first kappa shape index (κ1) is 14.6. The molecule has 1 aliphatic rings. The molecule has 1 saturated heterocycles. The fourth-order valence-electron chi connectivity index (χ4n) is 1.92. The lowest BCUT2D eigenvalue weighted by atomic mass is 10.2. The van der Waals surface area contributed by atoms with Crippen LogP contribution < -0.4 is 10.2 Å². The molecule has 1 fully saturated rings. The number of rotatable bonds is 2. The molecule has 1 aromatic rings. The summed E-state index contributed by atoms with van der Waals surface area (Å²) in [4.78, 5) is 6.13. The van der Waals surface area contributed by atoms with Gasteiger partial charge in [0.2, 0.25) is 0 Å². The maximum absolute atomic E-state index is 14.1. The molecule has 7 heteroatoms. The van der Waals surface area contributed by atoms with Crippen LogP contribution in [0, 0.1) is 17.3 Å². The number of nitriles is 1. The number of nitrogens with one attached hydrogen (secondary N) is 1. The van der Waals surface area contributed by atoms with Crippen molar-refractivity contribution in [1.29, 1.82) is 5.26 Å². The molecule has 1 aliphatic heterocycles. The van der Waals surface area contributed by atoms with Gasteiger partial charge in [-0.25, -0.2) is 9.38 Å². The third-order valence-electron chi connectivity index (χ3n) is 2.87. The molecule has 106 valence electrons. The van der Waals surface area contributed by atoms with E-state index in [0.717, 1.165) is 0 Å². The molecule has 0 aliphatic carbocycles. The van der Waals surface area contributed by atoms with Gasteiger partial charge in [0, 0.05) is 19.2 Å². The number of nitrogens with zero attached hydrogens (tertiary/aromatic N) is 3. The van der Waals surface area contributed by atoms with Crippen molar-refractivity contribution in [3.05, 3.63) is 24.0 Å². The standard InChI is InChI=1S/C13H15FN4OS/c1-20-13(16-9-15)17-10-2-3-12(11(14)8-10)18-4-6-19-7-5-18/h2-3,8H,4-7H2,1H3,(H,16,17). The average Bonchev–Trinajstić information content (AvgIpc) is 2.48. The number of aliphatic imine (C=N–C) groups is 1. The summed E-state index contributed by atoms with van der Waals surface area (Å²) in [5, 5.41) is 11.5. The molecule has 0 saturated carbocycles. The van der Waals surface area contributed by atoms with Crippen LogP contribution in [0.25, 0.3) is 0 Å². The van der Waals surface area contributed by atoms with Crippen molar-refractivity contribution in [3.8, 4) is 6.19 Å². The Morgan fingerprint density at radius 2 is 2.25 bits per heavy atom. The fourth-order valence-corrected chi connectivity index (χ4v) is 2.26. The summed E-state index contributed by atoms with van der Waals surface area (Å²) in [6.07, 6.45) is 3.59. The minimum Gasteiger partial charge on any atom is -0.378 e. The molecular weight excluding hydrogens is 279 g/mol. The molecule has 2 rings (SSSR count). The monoisotopic (exact) mass is 294 g/mol. The van der Waals surface area contributed by atoms with Gasteiger partial charge in [0.1, 0.15) is 5.82 Å². The summed E-state index contributed by atoms with van der Waals surface area (Å²) in [5.74, 6) is -0.314. The topological polar surface area (TPSA) is 60.6 Å². The van der Waals surface area contributed by atoms with Crippen molar-refractivity contribution < 1.29 is 9.13 Å². The van der Waals surface area contributed by atoms with E-state index >= 15 is 0 Å². The second kappa shape index (κ2) is 7.12. The molecule has 1 aromatic carbocycles. The van der Waals surface area contributed by atoms with Crippen LogP contribution in [0.3, 0.4) is 0 Å². The summed E-state index contributed by atoms with van der Waals surface area (Å²) >= 11 is 1.29. The fraction of sp³-hybridized carbons (Fsp3) is 0.385. The van der Waals surface area contributed by atoms with Crippen LogP contribution in [0.15, 0.2) is 23.2 Å². The number of hydrogen-bond acceptors (Lipinski definition) is 5. The van der Waals surface area contributed by atoms with E-state index in [0.29, 0.717) is 42.8 Å². The average molecular weight is 294 g/mol. The Morgan fingerprint density at radius 3 is 2.85 bits per heavy atom. The number of hydrogen-bond donors (Lipinski definition) is 1. The smallest absolute Gasteiger partial charge is 0.183 e. The number of amidine groups is 1. The van der Waals surface area contributed by atoms with Gasteiger partial charge in [0.05, 0.1) is 24.6 Å². The number of thioether (sulfide) groups is 1. The molecule has 0 amide bonds. The molecule has 0 atom stereocenters. The predicted octanol–water partition coefficient (Wildman–Crippen LogP) is 2.08. The predicted molar refractivity (Wildman–Crippen MR) is 78.8 cm³/mol. The molecule has 0 aromatic heterocycles. The number of anilines is 1. The zero-order chi connectivity index (χ0) is 14.4. The van der Waals surface area contributed by atoms with E-state index in [1.165, 1.54) is 17.8 Å². The highest BCUT2D eigenvalue weighted by Crippen LogP contribution is 2.25. The molecule has 0 spiro atoms. The lowest BCUT2D eigenvalue weighted by molar-refractivity contribution is 0.122. The van der Waals surface area contributed by atoms with E-state index in [9.17, 15) is 4.39 Å². The molecule has 0 unspecified atom stereocenters. The van der Waals surface area contributed by atoms with Gasteiger partial charge in [0.25, 0.3) is 0 Å². The van der Waals surface area contributed by atoms with E-state index < -0.39 is 0 Å². The van der Waals surface area contributed by atoms with Crippen LogP contribution >= 0.6 is 11.8 Å². The SMILES string of the molecule is CSC(=Nc1ccc(N2CCOCC2)c(F)c1)NC#N. The van der Waals surface area contributed by atoms with Gasteiger partial charge >= 0.3 is 0 Å². The van der Waals surface area contributed by atoms with E-state index in [2.05, 4.69) is 10.3 Å². The van der Waals surface area contributed by atoms with Crippen molar-refractivity contribution in [3.63, 3.8) is 0 Å². The number of benzene rings is 1. The summed E-state index contributed by atoms with van der Waals surface area (Å²) in [7, 11) is 0. The van der Waals surface area contributed by atoms with Crippen LogP contribution in [0.4, 0.5) is 15.8 Å². The highest BCUT2D eigenvalue weighted by atomic mass is 32.2. The van der Waals surface area contributed by atoms with Crippen molar-refractivity contribution >= 4 is 28.3 Å². The minimum atomic E-state index is -0.314. The van der Waals surface area contributed by atoms with Gasteiger partial charge in [-0.15, -0.1) is 0 Å². The Kier molecular flexibility index (Phi) is 5.21. The molecule has 0 bridgehead atoms. The van der Waals surface area contributed by atoms with Gasteiger partial charge < -0.3 is 9.64 Å². The van der Waals surface area contributed by atoms with Gasteiger partial charge in [0.15, 0.2) is 11.4 Å².